The molecular formula is C31H65NO9Si4. The molecule has 0 bridgehead atoms. The minimum absolute atomic E-state index is 0.304. The third-order valence-electron chi connectivity index (χ3n) is 6.92. The van der Waals surface area contributed by atoms with Crippen LogP contribution in [0.15, 0.2) is 49.2 Å². The minimum Gasteiger partial charge on any atom is -0.463 e. The van der Waals surface area contributed by atoms with Crippen LogP contribution in [-0.4, -0.2) is 112 Å². The van der Waals surface area contributed by atoms with Crippen LogP contribution in [0.2, 0.25) is 51.4 Å². The predicted octanol–water partition coefficient (Wildman–Crippen LogP) is 6.52. The number of hydrogen-bond acceptors (Lipinski definition) is 10. The summed E-state index contributed by atoms with van der Waals surface area (Å²) in [6.45, 7) is 32.5. The van der Waals surface area contributed by atoms with E-state index >= 15 is 0 Å². The number of carbonyl (C=O) groups is 2. The second-order valence-corrected chi connectivity index (χ2v) is 28.3. The van der Waals surface area contributed by atoms with E-state index in [1.54, 1.807) is 49.4 Å². The Hall–Kier alpha value is -1.47. The third-order valence-corrected chi connectivity index (χ3v) is 17.2. The summed E-state index contributed by atoms with van der Waals surface area (Å²) < 4.78 is 38.9. The van der Waals surface area contributed by atoms with Gasteiger partial charge in [-0.05, 0) is 78.6 Å². The van der Waals surface area contributed by atoms with Crippen molar-refractivity contribution in [2.24, 2.45) is 0 Å². The monoisotopic (exact) mass is 707 g/mol. The van der Waals surface area contributed by atoms with Crippen LogP contribution in [0.4, 0.5) is 0 Å². The summed E-state index contributed by atoms with van der Waals surface area (Å²) in [6, 6.07) is 2.08. The van der Waals surface area contributed by atoms with Gasteiger partial charge in [0, 0.05) is 59.3 Å². The number of nitrogens with zero attached hydrogens (tertiary/aromatic N) is 1. The summed E-state index contributed by atoms with van der Waals surface area (Å²) in [5.74, 6) is -0.644. The summed E-state index contributed by atoms with van der Waals surface area (Å²) in [5.41, 5.74) is 2.79. The van der Waals surface area contributed by atoms with Crippen molar-refractivity contribution in [2.75, 3.05) is 61.5 Å². The molecule has 0 radical (unpaired) electrons. The minimum atomic E-state index is -1.97. The molecule has 1 aliphatic heterocycles. The molecule has 0 N–H and O–H groups in total. The van der Waals surface area contributed by atoms with E-state index in [1.165, 1.54) is 6.42 Å². The Morgan fingerprint density at radius 2 is 1.29 bits per heavy atom. The highest BCUT2D eigenvalue weighted by molar-refractivity contribution is 6.76. The van der Waals surface area contributed by atoms with Gasteiger partial charge in [0.25, 0.3) is 0 Å². The maximum absolute atomic E-state index is 11.0. The van der Waals surface area contributed by atoms with Crippen molar-refractivity contribution in [1.29, 1.82) is 0 Å². The molecule has 10 nitrogen and oxygen atoms in total. The molecule has 1 saturated heterocycles. The Labute approximate surface area is 279 Å². The molecule has 45 heavy (non-hydrogen) atoms. The van der Waals surface area contributed by atoms with Gasteiger partial charge in [-0.25, -0.2) is 9.59 Å². The summed E-state index contributed by atoms with van der Waals surface area (Å²) in [5, 5.41) is 0. The molecule has 0 aliphatic carbocycles. The highest BCUT2D eigenvalue weighted by Crippen LogP contribution is 2.26. The van der Waals surface area contributed by atoms with Crippen LogP contribution in [0, 0.1) is 0 Å². The Morgan fingerprint density at radius 3 is 1.64 bits per heavy atom. The van der Waals surface area contributed by atoms with Gasteiger partial charge >= 0.3 is 20.7 Å². The molecule has 264 valence electrons. The molecule has 1 aliphatic rings. The second kappa shape index (κ2) is 24.7. The molecule has 0 aromatic rings. The Bertz CT molecular complexity index is 907. The zero-order chi connectivity index (χ0) is 35.9. The van der Waals surface area contributed by atoms with Gasteiger partial charge in [0.2, 0.25) is 16.6 Å². The lowest BCUT2D eigenvalue weighted by atomic mass is 10.4. The first-order chi connectivity index (χ1) is 20.7. The normalized spacial score (nSPS) is 14.2. The van der Waals surface area contributed by atoms with E-state index < -0.39 is 33.7 Å². The topological polar surface area (TPSA) is 102 Å². The molecule has 0 saturated carbocycles. The second-order valence-electron chi connectivity index (χ2n) is 12.3. The van der Waals surface area contributed by atoms with Gasteiger partial charge < -0.3 is 31.6 Å². The number of esters is 2. The number of hydrogen-bond donors (Lipinski definition) is 0. The lowest BCUT2D eigenvalue weighted by Crippen LogP contribution is -2.53. The van der Waals surface area contributed by atoms with Crippen molar-refractivity contribution >= 4 is 45.6 Å². The average molecular weight is 708 g/mol. The van der Waals surface area contributed by atoms with Crippen LogP contribution in [0.25, 0.3) is 0 Å². The van der Waals surface area contributed by atoms with Crippen LogP contribution < -0.4 is 0 Å². The standard InChI is InChI=1S/C10H20O3Si.C8H17NO2Si.C8H16O3Si.C5H12OSi/c1-9(2)10(11)13-7-6-8-14(4,5)12-3;1-4-6-9-7-5-8-12(9,10-2)11-3;1-7(2)8(9)11-6-12(4,5)10-3;1-5-7(3,4)6-2/h1,6-8H2,2-5H3;4H,1,5-8H2,2-3H3;1,6H2,2-5H3;5H,1H2,2-4H3. The van der Waals surface area contributed by atoms with E-state index in [-0.39, 0.29) is 11.9 Å². The van der Waals surface area contributed by atoms with Crippen LogP contribution in [-0.2, 0) is 41.2 Å². The molecule has 0 aromatic heterocycles. The zero-order valence-electron chi connectivity index (χ0n) is 30.8. The van der Waals surface area contributed by atoms with E-state index in [1.807, 2.05) is 24.9 Å². The molecule has 0 unspecified atom stereocenters. The quantitative estimate of drug-likeness (QED) is 0.0580. The summed E-state index contributed by atoms with van der Waals surface area (Å²) in [7, 11) is 1.99. The van der Waals surface area contributed by atoms with Crippen molar-refractivity contribution in [3.63, 3.8) is 0 Å². The van der Waals surface area contributed by atoms with E-state index in [0.29, 0.717) is 24.0 Å². The average Bonchev–Trinajstić information content (AvgIpc) is 3.41. The first-order valence-electron chi connectivity index (χ1n) is 15.1. The Balaban J connectivity index is -0.000000535. The molecular weight excluding hydrogens is 643 g/mol. The van der Waals surface area contributed by atoms with Crippen LogP contribution in [0.5, 0.6) is 0 Å². The Kier molecular flexibility index (Phi) is 26.3. The smallest absolute Gasteiger partial charge is 0.427 e. The fourth-order valence-electron chi connectivity index (χ4n) is 3.15. The molecule has 1 heterocycles. The van der Waals surface area contributed by atoms with Gasteiger partial charge in [0.05, 0.1) is 6.61 Å². The molecule has 0 spiro atoms. The molecule has 1 fully saturated rings. The summed E-state index contributed by atoms with van der Waals surface area (Å²) in [4.78, 5) is 21.9. The lowest BCUT2D eigenvalue weighted by Gasteiger charge is -2.30. The maximum atomic E-state index is 11.0. The van der Waals surface area contributed by atoms with Gasteiger partial charge in [-0.2, -0.15) is 0 Å². The first-order valence-corrected chi connectivity index (χ1v) is 26.3. The van der Waals surface area contributed by atoms with Crippen LogP contribution in [0.1, 0.15) is 26.7 Å². The first kappa shape index (κ1) is 47.9. The number of carbonyl (C=O) groups excluding carboxylic acids is 2. The number of rotatable bonds is 16. The van der Waals surface area contributed by atoms with Gasteiger partial charge in [0.15, 0.2) is 8.32 Å². The van der Waals surface area contributed by atoms with Crippen LogP contribution >= 0.6 is 0 Å². The summed E-state index contributed by atoms with van der Waals surface area (Å²) in [6.07, 6.45) is 4.34. The largest absolute Gasteiger partial charge is 0.463 e. The van der Waals surface area contributed by atoms with Gasteiger partial charge in [-0.3, -0.25) is 4.57 Å². The molecule has 0 atom stereocenters. The van der Waals surface area contributed by atoms with Crippen molar-refractivity contribution in [3.8, 4) is 0 Å². The lowest BCUT2D eigenvalue weighted by molar-refractivity contribution is -0.139. The fourth-order valence-corrected chi connectivity index (χ4v) is 8.03. The molecule has 1 rings (SSSR count). The molecule has 14 heteroatoms. The number of ether oxygens (including phenoxy) is 2. The van der Waals surface area contributed by atoms with E-state index in [0.717, 1.165) is 31.6 Å². The third kappa shape index (κ3) is 23.5. The van der Waals surface area contributed by atoms with Crippen LogP contribution in [0.3, 0.4) is 0 Å². The van der Waals surface area contributed by atoms with E-state index in [9.17, 15) is 9.59 Å². The van der Waals surface area contributed by atoms with Crippen molar-refractivity contribution in [2.45, 2.75) is 78.1 Å². The summed E-state index contributed by atoms with van der Waals surface area (Å²) >= 11 is 0. The Morgan fingerprint density at radius 1 is 0.800 bits per heavy atom. The SMILES string of the molecule is C=C(C)C(=O)OCCC[Si](C)(C)OC.C=C(C)C(=O)OC[Si](C)(C)OC.C=CCN1CCC[Si]1(OC)OC.C=C[Si](C)(C)OC. The molecule has 0 amide bonds. The van der Waals surface area contributed by atoms with Gasteiger partial charge in [0.1, 0.15) is 6.23 Å². The van der Waals surface area contributed by atoms with Gasteiger partial charge in [-0.15, -0.1) is 13.2 Å². The van der Waals surface area contributed by atoms with E-state index in [2.05, 4.69) is 57.1 Å². The highest BCUT2D eigenvalue weighted by atomic mass is 28.4. The molecule has 0 aromatic carbocycles. The maximum Gasteiger partial charge on any atom is 0.427 e. The van der Waals surface area contributed by atoms with Gasteiger partial charge in [-0.1, -0.05) is 24.9 Å². The highest BCUT2D eigenvalue weighted by Gasteiger charge is 2.46. The van der Waals surface area contributed by atoms with Crippen molar-refractivity contribution in [3.05, 3.63) is 49.2 Å². The predicted molar refractivity (Wildman–Crippen MR) is 196 cm³/mol. The van der Waals surface area contributed by atoms with E-state index in [4.69, 9.17) is 31.6 Å². The fraction of sp³-hybridized carbons (Fsp3) is 0.677. The zero-order valence-corrected chi connectivity index (χ0v) is 34.8. The van der Waals surface area contributed by atoms with Crippen molar-refractivity contribution < 1.29 is 41.2 Å². The van der Waals surface area contributed by atoms with Crippen molar-refractivity contribution in [1.82, 2.24) is 4.57 Å².